The van der Waals surface area contributed by atoms with Crippen molar-refractivity contribution in [1.29, 1.82) is 0 Å². The summed E-state index contributed by atoms with van der Waals surface area (Å²) in [5, 5.41) is 0. The molecule has 7 nitrogen and oxygen atoms in total. The minimum Gasteiger partial charge on any atom is -0.493 e. The predicted molar refractivity (Wildman–Crippen MR) is 110 cm³/mol. The summed E-state index contributed by atoms with van der Waals surface area (Å²) in [5.74, 6) is 0.697. The number of esters is 1. The van der Waals surface area contributed by atoms with Crippen LogP contribution in [0.5, 0.6) is 17.2 Å². The first-order valence-corrected chi connectivity index (χ1v) is 9.83. The van der Waals surface area contributed by atoms with Crippen LogP contribution in [0.1, 0.15) is 45.6 Å². The third-order valence-corrected chi connectivity index (χ3v) is 5.19. The van der Waals surface area contributed by atoms with E-state index >= 15 is 0 Å². The van der Waals surface area contributed by atoms with Gasteiger partial charge in [0.15, 0.2) is 17.6 Å². The Hall–Kier alpha value is -2.70. The Kier molecular flexibility index (Phi) is 7.93. The number of hydrogen-bond donors (Lipinski definition) is 0. The highest BCUT2D eigenvalue weighted by atomic mass is 16.5. The van der Waals surface area contributed by atoms with E-state index in [1.807, 2.05) is 18.7 Å². The van der Waals surface area contributed by atoms with Crippen molar-refractivity contribution < 1.29 is 28.5 Å². The standard InChI is InChI=1S/C22H31NO6/c1-14-8-7-9-15(2)23(14)22(25)16(3)29-20(24)11-10-17-12-18(26-4)21(28-6)19(13-17)27-5/h10-16H,7-9H2,1-6H3/b11-10+/t14-,15+,16-/m1/s1. The molecule has 1 aliphatic heterocycles. The Morgan fingerprint density at radius 1 is 1.03 bits per heavy atom. The van der Waals surface area contributed by atoms with E-state index in [1.54, 1.807) is 25.1 Å². The predicted octanol–water partition coefficient (Wildman–Crippen LogP) is 3.45. The second-order valence-electron chi connectivity index (χ2n) is 7.25. The van der Waals surface area contributed by atoms with Crippen LogP contribution in [0.15, 0.2) is 18.2 Å². The van der Waals surface area contributed by atoms with Crippen LogP contribution in [0.2, 0.25) is 0 Å². The van der Waals surface area contributed by atoms with Crippen molar-refractivity contribution in [2.24, 2.45) is 0 Å². The Bertz CT molecular complexity index is 725. The minimum absolute atomic E-state index is 0.153. The smallest absolute Gasteiger partial charge is 0.331 e. The SMILES string of the molecule is COc1cc(/C=C/C(=O)O[C@H](C)C(=O)N2[C@H](C)CCC[C@@H]2C)cc(OC)c1OC. The Balaban J connectivity index is 2.06. The molecule has 1 heterocycles. The lowest BCUT2D eigenvalue weighted by molar-refractivity contribution is -0.158. The van der Waals surface area contributed by atoms with E-state index in [2.05, 4.69) is 0 Å². The van der Waals surface area contributed by atoms with E-state index < -0.39 is 12.1 Å². The lowest BCUT2D eigenvalue weighted by atomic mass is 9.97. The summed E-state index contributed by atoms with van der Waals surface area (Å²) in [5.41, 5.74) is 0.675. The van der Waals surface area contributed by atoms with Gasteiger partial charge < -0.3 is 23.8 Å². The van der Waals surface area contributed by atoms with Gasteiger partial charge in [-0.25, -0.2) is 4.79 Å². The van der Waals surface area contributed by atoms with Crippen LogP contribution in [-0.4, -0.2) is 56.3 Å². The van der Waals surface area contributed by atoms with Gasteiger partial charge in [-0.05, 0) is 63.8 Å². The first kappa shape index (κ1) is 22.6. The number of rotatable bonds is 7. The molecule has 0 unspecified atom stereocenters. The molecule has 0 bridgehead atoms. The second-order valence-corrected chi connectivity index (χ2v) is 7.25. The molecule has 1 aromatic carbocycles. The molecular formula is C22H31NO6. The number of ether oxygens (including phenoxy) is 4. The average molecular weight is 405 g/mol. The van der Waals surface area contributed by atoms with Crippen LogP contribution in [0, 0.1) is 0 Å². The van der Waals surface area contributed by atoms with Crippen LogP contribution >= 0.6 is 0 Å². The molecule has 1 aromatic rings. The lowest BCUT2D eigenvalue weighted by Crippen LogP contribution is -2.51. The molecule has 0 aliphatic carbocycles. The molecule has 1 saturated heterocycles. The molecule has 29 heavy (non-hydrogen) atoms. The fourth-order valence-electron chi connectivity index (χ4n) is 3.69. The highest BCUT2D eigenvalue weighted by molar-refractivity contribution is 5.90. The van der Waals surface area contributed by atoms with Gasteiger partial charge in [0.25, 0.3) is 5.91 Å². The Morgan fingerprint density at radius 3 is 2.07 bits per heavy atom. The summed E-state index contributed by atoms with van der Waals surface area (Å²) in [6.45, 7) is 5.68. The van der Waals surface area contributed by atoms with Crippen molar-refractivity contribution >= 4 is 18.0 Å². The van der Waals surface area contributed by atoms with Gasteiger partial charge in [0, 0.05) is 18.2 Å². The minimum atomic E-state index is -0.838. The van der Waals surface area contributed by atoms with Crippen LogP contribution in [0.4, 0.5) is 0 Å². The zero-order valence-corrected chi connectivity index (χ0v) is 18.1. The molecule has 0 aromatic heterocycles. The molecule has 7 heteroatoms. The zero-order valence-electron chi connectivity index (χ0n) is 18.1. The molecular weight excluding hydrogens is 374 g/mol. The monoisotopic (exact) mass is 405 g/mol. The normalized spacial score (nSPS) is 20.3. The van der Waals surface area contributed by atoms with Gasteiger partial charge in [-0.2, -0.15) is 0 Å². The van der Waals surface area contributed by atoms with Crippen molar-refractivity contribution in [1.82, 2.24) is 4.90 Å². The summed E-state index contributed by atoms with van der Waals surface area (Å²) in [6, 6.07) is 3.75. The number of carbonyl (C=O) groups is 2. The molecule has 1 fully saturated rings. The van der Waals surface area contributed by atoms with Crippen molar-refractivity contribution in [3.05, 3.63) is 23.8 Å². The summed E-state index contributed by atoms with van der Waals surface area (Å²) in [7, 11) is 4.57. The molecule has 3 atom stereocenters. The van der Waals surface area contributed by atoms with Gasteiger partial charge in [-0.15, -0.1) is 0 Å². The highest BCUT2D eigenvalue weighted by Crippen LogP contribution is 2.38. The van der Waals surface area contributed by atoms with E-state index in [0.29, 0.717) is 22.8 Å². The first-order chi connectivity index (χ1) is 13.8. The number of hydrogen-bond acceptors (Lipinski definition) is 6. The fraction of sp³-hybridized carbons (Fsp3) is 0.545. The number of nitrogens with zero attached hydrogens (tertiary/aromatic N) is 1. The van der Waals surface area contributed by atoms with Gasteiger partial charge >= 0.3 is 5.97 Å². The number of benzene rings is 1. The topological polar surface area (TPSA) is 74.3 Å². The van der Waals surface area contributed by atoms with E-state index in [1.165, 1.54) is 27.4 Å². The molecule has 2 rings (SSSR count). The average Bonchev–Trinajstić information content (AvgIpc) is 2.70. The third-order valence-electron chi connectivity index (χ3n) is 5.19. The lowest BCUT2D eigenvalue weighted by Gasteiger charge is -2.40. The van der Waals surface area contributed by atoms with Gasteiger partial charge in [0.1, 0.15) is 0 Å². The number of likely N-dealkylation sites (tertiary alicyclic amines) is 1. The van der Waals surface area contributed by atoms with E-state index in [4.69, 9.17) is 18.9 Å². The maximum absolute atomic E-state index is 12.7. The fourth-order valence-corrected chi connectivity index (χ4v) is 3.69. The molecule has 1 aliphatic rings. The summed E-state index contributed by atoms with van der Waals surface area (Å²) in [4.78, 5) is 26.8. The van der Waals surface area contributed by atoms with Gasteiger partial charge in [-0.1, -0.05) is 0 Å². The van der Waals surface area contributed by atoms with E-state index in [0.717, 1.165) is 19.3 Å². The largest absolute Gasteiger partial charge is 0.493 e. The summed E-state index contributed by atoms with van der Waals surface area (Å²) < 4.78 is 21.2. The van der Waals surface area contributed by atoms with Crippen LogP contribution < -0.4 is 14.2 Å². The Morgan fingerprint density at radius 2 is 1.59 bits per heavy atom. The van der Waals surface area contributed by atoms with Crippen molar-refractivity contribution in [2.75, 3.05) is 21.3 Å². The molecule has 1 amide bonds. The van der Waals surface area contributed by atoms with Crippen LogP contribution in [0.3, 0.4) is 0 Å². The number of piperidine rings is 1. The van der Waals surface area contributed by atoms with Crippen molar-refractivity contribution in [3.8, 4) is 17.2 Å². The molecule has 0 radical (unpaired) electrons. The number of methoxy groups -OCH3 is 3. The number of amides is 1. The first-order valence-electron chi connectivity index (χ1n) is 9.83. The maximum atomic E-state index is 12.7. The van der Waals surface area contributed by atoms with E-state index in [9.17, 15) is 9.59 Å². The van der Waals surface area contributed by atoms with Gasteiger partial charge in [0.05, 0.1) is 21.3 Å². The van der Waals surface area contributed by atoms with E-state index in [-0.39, 0.29) is 18.0 Å². The highest BCUT2D eigenvalue weighted by Gasteiger charge is 2.32. The molecule has 0 spiro atoms. The van der Waals surface area contributed by atoms with Crippen LogP contribution in [-0.2, 0) is 14.3 Å². The summed E-state index contributed by atoms with van der Waals surface area (Å²) in [6.07, 6.45) is 5.08. The van der Waals surface area contributed by atoms with Crippen molar-refractivity contribution in [2.45, 2.75) is 58.2 Å². The quantitative estimate of drug-likeness (QED) is 0.511. The second kappa shape index (κ2) is 10.2. The maximum Gasteiger partial charge on any atom is 0.331 e. The number of carbonyl (C=O) groups excluding carboxylic acids is 2. The summed E-state index contributed by atoms with van der Waals surface area (Å²) >= 11 is 0. The molecule has 160 valence electrons. The van der Waals surface area contributed by atoms with Gasteiger partial charge in [0.2, 0.25) is 5.75 Å². The Labute approximate surface area is 172 Å². The van der Waals surface area contributed by atoms with Gasteiger partial charge in [-0.3, -0.25) is 4.79 Å². The third kappa shape index (κ3) is 5.43. The molecule has 0 saturated carbocycles. The molecule has 0 N–H and O–H groups in total. The van der Waals surface area contributed by atoms with Crippen LogP contribution in [0.25, 0.3) is 6.08 Å². The van der Waals surface area contributed by atoms with Crippen molar-refractivity contribution in [3.63, 3.8) is 0 Å². The zero-order chi connectivity index (χ0) is 21.6.